The van der Waals surface area contributed by atoms with E-state index in [1.165, 1.54) is 0 Å². The van der Waals surface area contributed by atoms with Gasteiger partial charge in [-0.25, -0.2) is 4.79 Å². The number of benzene rings is 2. The van der Waals surface area contributed by atoms with E-state index in [1.807, 2.05) is 48.5 Å². The van der Waals surface area contributed by atoms with Crippen LogP contribution in [-0.4, -0.2) is 49.6 Å². The molecule has 1 saturated heterocycles. The number of carbonyl (C=O) groups is 2. The highest BCUT2D eigenvalue weighted by Gasteiger charge is 2.33. The minimum absolute atomic E-state index is 0.0174. The van der Waals surface area contributed by atoms with E-state index in [0.29, 0.717) is 37.8 Å². The van der Waals surface area contributed by atoms with Crippen LogP contribution < -0.4 is 15.0 Å². The van der Waals surface area contributed by atoms with Gasteiger partial charge in [-0.2, -0.15) is 0 Å². The van der Waals surface area contributed by atoms with Crippen molar-refractivity contribution in [1.82, 2.24) is 10.2 Å². The highest BCUT2D eigenvalue weighted by atomic mass is 35.5. The quantitative estimate of drug-likeness (QED) is 0.808. The predicted octanol–water partition coefficient (Wildman–Crippen LogP) is 3.73. The summed E-state index contributed by atoms with van der Waals surface area (Å²) in [6.07, 6.45) is 2.38. The van der Waals surface area contributed by atoms with E-state index in [0.717, 1.165) is 36.3 Å². The van der Waals surface area contributed by atoms with Gasteiger partial charge in [0.2, 0.25) is 5.91 Å². The van der Waals surface area contributed by atoms with Crippen molar-refractivity contribution in [2.75, 3.05) is 37.7 Å². The summed E-state index contributed by atoms with van der Waals surface area (Å²) in [6, 6.07) is 15.2. The molecule has 2 heterocycles. The minimum atomic E-state index is -0.177. The minimum Gasteiger partial charge on any atom is -0.490 e. The lowest BCUT2D eigenvalue weighted by molar-refractivity contribution is -0.126. The largest absolute Gasteiger partial charge is 0.490 e. The van der Waals surface area contributed by atoms with Crippen LogP contribution in [0.5, 0.6) is 5.75 Å². The molecular formula is C23H26ClN3O3. The second kappa shape index (κ2) is 9.39. The molecule has 0 aliphatic carbocycles. The van der Waals surface area contributed by atoms with Gasteiger partial charge in [-0.1, -0.05) is 35.9 Å². The average Bonchev–Trinajstić information content (AvgIpc) is 2.79. The number of hydrogen-bond donors (Lipinski definition) is 1. The van der Waals surface area contributed by atoms with E-state index in [4.69, 9.17) is 16.3 Å². The fourth-order valence-electron chi connectivity index (χ4n) is 4.03. The van der Waals surface area contributed by atoms with Crippen molar-refractivity contribution in [2.45, 2.75) is 19.3 Å². The molecule has 1 atom stereocenters. The van der Waals surface area contributed by atoms with Gasteiger partial charge < -0.3 is 15.0 Å². The molecule has 1 fully saturated rings. The lowest BCUT2D eigenvalue weighted by Gasteiger charge is -2.37. The number of piperidine rings is 1. The first-order valence-electron chi connectivity index (χ1n) is 10.4. The van der Waals surface area contributed by atoms with E-state index >= 15 is 0 Å². The lowest BCUT2D eigenvalue weighted by atomic mass is 9.97. The van der Waals surface area contributed by atoms with E-state index in [2.05, 4.69) is 5.32 Å². The molecule has 2 aromatic rings. The lowest BCUT2D eigenvalue weighted by Crippen LogP contribution is -2.52. The number of anilines is 1. The molecule has 0 bridgehead atoms. The number of likely N-dealkylation sites (tertiary alicyclic amines) is 1. The van der Waals surface area contributed by atoms with Crippen molar-refractivity contribution in [1.29, 1.82) is 0 Å². The number of carbonyl (C=O) groups excluding carboxylic acids is 2. The molecule has 158 valence electrons. The van der Waals surface area contributed by atoms with E-state index in [-0.39, 0.29) is 17.9 Å². The van der Waals surface area contributed by atoms with Gasteiger partial charge in [-0.3, -0.25) is 9.69 Å². The molecule has 6 nitrogen and oxygen atoms in total. The summed E-state index contributed by atoms with van der Waals surface area (Å²) in [4.78, 5) is 29.4. The first-order valence-corrected chi connectivity index (χ1v) is 10.8. The number of hydrogen-bond acceptors (Lipinski definition) is 3. The van der Waals surface area contributed by atoms with Crippen LogP contribution in [0.25, 0.3) is 0 Å². The van der Waals surface area contributed by atoms with Gasteiger partial charge in [0.25, 0.3) is 0 Å². The Hall–Kier alpha value is -2.73. The third-order valence-corrected chi connectivity index (χ3v) is 5.90. The number of urea groups is 1. The van der Waals surface area contributed by atoms with Crippen molar-refractivity contribution in [3.05, 3.63) is 59.1 Å². The molecule has 7 heteroatoms. The van der Waals surface area contributed by atoms with Crippen molar-refractivity contribution in [3.63, 3.8) is 0 Å². The van der Waals surface area contributed by atoms with Crippen LogP contribution in [0.15, 0.2) is 48.5 Å². The first-order chi connectivity index (χ1) is 14.6. The third-order valence-electron chi connectivity index (χ3n) is 5.65. The zero-order valence-corrected chi connectivity index (χ0v) is 17.6. The Morgan fingerprint density at radius 1 is 1.10 bits per heavy atom. The number of para-hydroxylation sites is 2. The molecule has 2 aromatic carbocycles. The Kier molecular flexibility index (Phi) is 6.43. The molecule has 0 spiro atoms. The molecule has 0 radical (unpaired) electrons. The second-order valence-electron chi connectivity index (χ2n) is 7.70. The second-order valence-corrected chi connectivity index (χ2v) is 8.14. The highest BCUT2D eigenvalue weighted by Crippen LogP contribution is 2.32. The Labute approximate surface area is 181 Å². The number of nitrogens with one attached hydrogen (secondary N) is 1. The van der Waals surface area contributed by atoms with Crippen molar-refractivity contribution >= 4 is 29.2 Å². The summed E-state index contributed by atoms with van der Waals surface area (Å²) in [7, 11) is 0. The van der Waals surface area contributed by atoms with Crippen LogP contribution in [-0.2, 0) is 11.2 Å². The standard InChI is InChI=1S/C23H26ClN3O3/c24-19-9-7-17(8-10-19)11-12-25-22(28)18-4-3-13-26(16-18)23(29)27-14-15-30-21-6-2-1-5-20(21)27/h1-2,5-10,18H,3-4,11-16H2,(H,25,28)/t18-/m0/s1. The van der Waals surface area contributed by atoms with Crippen LogP contribution in [0.1, 0.15) is 18.4 Å². The van der Waals surface area contributed by atoms with E-state index < -0.39 is 0 Å². The number of amides is 3. The van der Waals surface area contributed by atoms with E-state index in [9.17, 15) is 9.59 Å². The number of ether oxygens (including phenoxy) is 1. The molecule has 0 unspecified atom stereocenters. The van der Waals surface area contributed by atoms with Gasteiger partial charge in [0.1, 0.15) is 12.4 Å². The average molecular weight is 428 g/mol. The SMILES string of the molecule is O=C(NCCc1ccc(Cl)cc1)[C@H]1CCCN(C(=O)N2CCOc3ccccc32)C1. The maximum Gasteiger partial charge on any atom is 0.324 e. The Morgan fingerprint density at radius 3 is 2.73 bits per heavy atom. The molecule has 4 rings (SSSR count). The monoisotopic (exact) mass is 427 g/mol. The first kappa shape index (κ1) is 20.5. The summed E-state index contributed by atoms with van der Waals surface area (Å²) in [5.74, 6) is 0.568. The molecule has 2 aliphatic heterocycles. The summed E-state index contributed by atoms with van der Waals surface area (Å²) in [5.41, 5.74) is 1.93. The summed E-state index contributed by atoms with van der Waals surface area (Å²) in [6.45, 7) is 2.69. The molecular weight excluding hydrogens is 402 g/mol. The molecule has 1 N–H and O–H groups in total. The van der Waals surface area contributed by atoms with Gasteiger partial charge in [0, 0.05) is 24.7 Å². The Bertz CT molecular complexity index is 903. The van der Waals surface area contributed by atoms with Gasteiger partial charge >= 0.3 is 6.03 Å². The van der Waals surface area contributed by atoms with E-state index in [1.54, 1.807) is 9.80 Å². The van der Waals surface area contributed by atoms with Crippen LogP contribution in [0.2, 0.25) is 5.02 Å². The van der Waals surface area contributed by atoms with Gasteiger partial charge in [-0.15, -0.1) is 0 Å². The van der Waals surface area contributed by atoms with Crippen LogP contribution in [0, 0.1) is 5.92 Å². The number of nitrogens with zero attached hydrogens (tertiary/aromatic N) is 2. The zero-order chi connectivity index (χ0) is 20.9. The fourth-order valence-corrected chi connectivity index (χ4v) is 4.16. The molecule has 0 saturated carbocycles. The highest BCUT2D eigenvalue weighted by molar-refractivity contribution is 6.30. The number of halogens is 1. The Morgan fingerprint density at radius 2 is 1.90 bits per heavy atom. The molecule has 2 aliphatic rings. The van der Waals surface area contributed by atoms with Gasteiger partial charge in [0.05, 0.1) is 18.2 Å². The normalized spacial score (nSPS) is 18.4. The van der Waals surface area contributed by atoms with Crippen molar-refractivity contribution in [3.8, 4) is 5.75 Å². The topological polar surface area (TPSA) is 61.9 Å². The zero-order valence-electron chi connectivity index (χ0n) is 16.9. The third kappa shape index (κ3) is 4.70. The smallest absolute Gasteiger partial charge is 0.324 e. The summed E-state index contributed by atoms with van der Waals surface area (Å²) < 4.78 is 5.65. The molecule has 0 aromatic heterocycles. The number of rotatable bonds is 4. The number of fused-ring (bicyclic) bond motifs is 1. The van der Waals surface area contributed by atoms with Gasteiger partial charge in [0.15, 0.2) is 0 Å². The summed E-state index contributed by atoms with van der Waals surface area (Å²) >= 11 is 5.91. The van der Waals surface area contributed by atoms with Crippen LogP contribution in [0.4, 0.5) is 10.5 Å². The van der Waals surface area contributed by atoms with Crippen molar-refractivity contribution < 1.29 is 14.3 Å². The van der Waals surface area contributed by atoms with Gasteiger partial charge in [-0.05, 0) is 49.1 Å². The maximum absolute atomic E-state index is 13.2. The molecule has 3 amide bonds. The fraction of sp³-hybridized carbons (Fsp3) is 0.391. The van der Waals surface area contributed by atoms with Crippen molar-refractivity contribution in [2.24, 2.45) is 5.92 Å². The van der Waals surface area contributed by atoms with Crippen LogP contribution in [0.3, 0.4) is 0 Å². The van der Waals surface area contributed by atoms with Crippen LogP contribution >= 0.6 is 11.6 Å². The maximum atomic E-state index is 13.2. The Balaban J connectivity index is 1.32. The molecule has 30 heavy (non-hydrogen) atoms. The predicted molar refractivity (Wildman–Crippen MR) is 117 cm³/mol. The summed E-state index contributed by atoms with van der Waals surface area (Å²) in [5, 5.41) is 3.73.